The molecule has 0 aliphatic rings. The van der Waals surface area contributed by atoms with Crippen molar-refractivity contribution in [1.29, 1.82) is 0 Å². The van der Waals surface area contributed by atoms with E-state index in [4.69, 9.17) is 37.8 Å². The Morgan fingerprint density at radius 1 is 0.597 bits per heavy atom. The highest BCUT2D eigenvalue weighted by Crippen LogP contribution is 2.24. The quantitative estimate of drug-likeness (QED) is 0.00883. The first kappa shape index (κ1) is 106. The van der Waals surface area contributed by atoms with Crippen molar-refractivity contribution in [3.8, 4) is 12.3 Å². The number of nitrogens with two attached hydrogens (primary N) is 3. The number of carbonyl (C=O) groups excluding carboxylic acids is 17. The number of aromatic nitrogens is 2. The van der Waals surface area contributed by atoms with Gasteiger partial charge in [0.2, 0.25) is 70.9 Å². The third-order valence-electron chi connectivity index (χ3n) is 20.0. The van der Waals surface area contributed by atoms with Gasteiger partial charge in [-0.1, -0.05) is 100 Å². The summed E-state index contributed by atoms with van der Waals surface area (Å²) < 4.78 is 15.4. The fraction of sp³-hybridized carbons (Fsp3) is 0.570. The molecule has 0 saturated carbocycles. The average molecular weight is 1740 g/mol. The molecule has 38 heteroatoms. The molecule has 1 aromatic heterocycles. The van der Waals surface area contributed by atoms with Crippen molar-refractivity contribution in [3.05, 3.63) is 103 Å². The SMILES string of the molecule is C#CCN(CC(=O)N(CCOC)CC(=O)NC(CO)C(=O)C[C@@H](C)C(=O)N[C@@H](CCC(N)=O)C(=O)C[C@@H](CC(C)C)C(=O)N[C@@H](CCCN=C(N)N)C(=O)C[C@@H](Cc1cnc[nH]1)C(=O)N[C@@H](Cc1ccccc1)C(=O)CCC(=O)N[C@@H](C)C(=O)OCC)C(=O)CN(CCC)C(=O)CN(CC=C)C(=O)CN(CCOC)C(=O)CN(C(C)=O)[C@@H](C)c1ccccc1. The van der Waals surface area contributed by atoms with E-state index in [0.29, 0.717) is 17.7 Å². The number of amides is 12. The number of imidazole rings is 1. The molecular weight excluding hydrogens is 1610 g/mol. The smallest absolute Gasteiger partial charge is 0.328 e. The van der Waals surface area contributed by atoms with Gasteiger partial charge in [0.15, 0.2) is 29.1 Å². The van der Waals surface area contributed by atoms with Crippen LogP contribution in [-0.4, -0.2) is 300 Å². The molecule has 0 spiro atoms. The molecule has 124 heavy (non-hydrogen) atoms. The molecular formula is C86H127N17O21. The van der Waals surface area contributed by atoms with Crippen LogP contribution < -0.4 is 43.8 Å². The zero-order valence-electron chi connectivity index (χ0n) is 73.0. The molecule has 9 atom stereocenters. The molecule has 682 valence electrons. The minimum absolute atomic E-state index is 0.00167. The number of H-pyrrole nitrogens is 1. The Morgan fingerprint density at radius 2 is 1.13 bits per heavy atom. The standard InChI is InChI=1S/C86H127N17O21/c1-13-34-98(77(113)50-99(35-14-2)79(115)52-102(38-40-123-12)81(117)53-103(60(10)105)59(9)62-26-21-18-22-27-62)49-78(114)100(36-15-3)51-80(116)101(37-39-122-11)48-76(112)94-69(54-104)71(107)42-57(7)82(118)95-67(29-31-74(87)110)73(109)45-63(41-56(5)6)83(119)96-66(28-23-33-91-86(88)89)72(108)46-64(44-65-47-90-55-92-65)84(120)97-68(43-61-24-19-17-20-25-61)70(106)30-32-75(111)93-58(8)85(121)124-16-4/h3,14,17-22,24-27,47,55-59,63-64,66-69,104H,2,13,16,23,28-46,48-54H2,1,4-12H3,(H2,87,110)(H,90,92)(H,93,111)(H,94,112)(H,95,118)(H,96,119)(H,97,120)(H4,88,89,91)/t57-,58+,59+,63-,64-,66+,67+,68+,69?/m1/s1. The van der Waals surface area contributed by atoms with Crippen LogP contribution in [0.2, 0.25) is 0 Å². The molecule has 3 aromatic rings. The minimum Gasteiger partial charge on any atom is -0.464 e. The van der Waals surface area contributed by atoms with Crippen LogP contribution >= 0.6 is 0 Å². The Morgan fingerprint density at radius 3 is 1.68 bits per heavy atom. The normalized spacial score (nSPS) is 13.1. The summed E-state index contributed by atoms with van der Waals surface area (Å²) in [7, 11) is 2.73. The fourth-order valence-electron chi connectivity index (χ4n) is 13.2. The number of ketones is 4. The van der Waals surface area contributed by atoms with Gasteiger partial charge in [-0.3, -0.25) is 81.7 Å². The summed E-state index contributed by atoms with van der Waals surface area (Å²) in [5.74, 6) is -14.3. The fourth-order valence-corrected chi connectivity index (χ4v) is 13.2. The number of primary amides is 1. The molecule has 0 aliphatic carbocycles. The Bertz CT molecular complexity index is 4100. The second-order valence-electron chi connectivity index (χ2n) is 30.5. The molecule has 0 radical (unpaired) electrons. The number of nitrogens with zero attached hydrogens (tertiary/aromatic N) is 8. The van der Waals surface area contributed by atoms with E-state index in [1.54, 1.807) is 77.1 Å². The Kier molecular flexibility index (Phi) is 49.0. The lowest BCUT2D eigenvalue weighted by molar-refractivity contribution is -0.148. The second kappa shape index (κ2) is 57.3. The van der Waals surface area contributed by atoms with Crippen LogP contribution in [0.15, 0.2) is 90.8 Å². The minimum atomic E-state index is -1.68. The number of terminal acetylenes is 1. The highest BCUT2D eigenvalue weighted by atomic mass is 16.5. The number of aliphatic hydroxyl groups is 1. The molecule has 0 fully saturated rings. The van der Waals surface area contributed by atoms with Crippen LogP contribution in [-0.2, 0) is 109 Å². The number of aliphatic hydroxyl groups excluding tert-OH is 1. The first-order valence-electron chi connectivity index (χ1n) is 41.4. The zero-order chi connectivity index (χ0) is 92.5. The number of esters is 1. The van der Waals surface area contributed by atoms with E-state index in [-0.39, 0.29) is 128 Å². The van der Waals surface area contributed by atoms with Crippen molar-refractivity contribution in [3.63, 3.8) is 0 Å². The number of rotatable bonds is 62. The predicted molar refractivity (Wildman–Crippen MR) is 457 cm³/mol. The summed E-state index contributed by atoms with van der Waals surface area (Å²) in [4.78, 5) is 254. The van der Waals surface area contributed by atoms with Gasteiger partial charge in [-0.15, -0.1) is 13.0 Å². The van der Waals surface area contributed by atoms with Crippen molar-refractivity contribution >= 4 is 106 Å². The van der Waals surface area contributed by atoms with Crippen LogP contribution in [0.3, 0.4) is 0 Å². The largest absolute Gasteiger partial charge is 0.464 e. The van der Waals surface area contributed by atoms with E-state index in [0.717, 1.165) is 20.3 Å². The molecule has 38 nitrogen and oxygen atoms in total. The van der Waals surface area contributed by atoms with Crippen molar-refractivity contribution in [2.24, 2.45) is 45.9 Å². The number of aromatic amines is 1. The van der Waals surface area contributed by atoms with Gasteiger partial charge < -0.3 is 97.5 Å². The number of methoxy groups -OCH3 is 2. The third-order valence-corrected chi connectivity index (χ3v) is 20.0. The molecule has 12 amide bonds. The summed E-state index contributed by atoms with van der Waals surface area (Å²) in [6.07, 6.45) is 6.88. The van der Waals surface area contributed by atoms with Gasteiger partial charge in [0.25, 0.3) is 0 Å². The number of benzene rings is 2. The van der Waals surface area contributed by atoms with Gasteiger partial charge in [0, 0.05) is 123 Å². The number of hydrogen-bond acceptors (Lipinski definition) is 23. The molecule has 1 unspecified atom stereocenters. The van der Waals surface area contributed by atoms with Gasteiger partial charge in [-0.25, -0.2) is 9.78 Å². The maximum atomic E-state index is 14.8. The molecule has 13 N–H and O–H groups in total. The highest BCUT2D eigenvalue weighted by Gasteiger charge is 2.37. The second-order valence-corrected chi connectivity index (χ2v) is 30.5. The topological polar surface area (TPSA) is 537 Å². The van der Waals surface area contributed by atoms with E-state index in [1.807, 2.05) is 18.2 Å². The van der Waals surface area contributed by atoms with Crippen LogP contribution in [0.5, 0.6) is 0 Å². The van der Waals surface area contributed by atoms with Crippen molar-refractivity contribution < 1.29 is 101 Å². The van der Waals surface area contributed by atoms with Gasteiger partial charge in [-0.2, -0.15) is 0 Å². The monoisotopic (exact) mass is 1730 g/mol. The summed E-state index contributed by atoms with van der Waals surface area (Å²) in [6.45, 7) is 10.9. The van der Waals surface area contributed by atoms with Crippen molar-refractivity contribution in [2.45, 2.75) is 175 Å². The lowest BCUT2D eigenvalue weighted by atomic mass is 9.87. The lowest BCUT2D eigenvalue weighted by Crippen LogP contribution is -2.53. The van der Waals surface area contributed by atoms with Gasteiger partial charge in [0.1, 0.15) is 31.7 Å². The Balaban J connectivity index is 1.82. The summed E-state index contributed by atoms with van der Waals surface area (Å²) >= 11 is 0. The summed E-state index contributed by atoms with van der Waals surface area (Å²) in [6, 6.07) is 10.5. The Labute approximate surface area is 724 Å². The van der Waals surface area contributed by atoms with Crippen LogP contribution in [0.4, 0.5) is 0 Å². The van der Waals surface area contributed by atoms with E-state index >= 15 is 0 Å². The number of guanidine groups is 1. The predicted octanol–water partition coefficient (Wildman–Crippen LogP) is -0.0705. The number of carbonyl (C=O) groups is 17. The van der Waals surface area contributed by atoms with Gasteiger partial charge in [-0.05, 0) is 76.3 Å². The average Bonchev–Trinajstić information content (AvgIpc) is 1.03. The molecule has 3 rings (SSSR count). The number of aliphatic imine (C=N–C) groups is 1. The first-order chi connectivity index (χ1) is 58.9. The zero-order valence-corrected chi connectivity index (χ0v) is 73.0. The molecule has 0 bridgehead atoms. The van der Waals surface area contributed by atoms with Gasteiger partial charge >= 0.3 is 5.97 Å². The number of ether oxygens (including phenoxy) is 3. The maximum absolute atomic E-state index is 14.8. The maximum Gasteiger partial charge on any atom is 0.328 e. The number of Topliss-reactive ketones (excluding diaryl/α,β-unsaturated/α-hetero) is 4. The van der Waals surface area contributed by atoms with Crippen LogP contribution in [0.25, 0.3) is 0 Å². The lowest BCUT2D eigenvalue weighted by Gasteiger charge is -2.32. The van der Waals surface area contributed by atoms with E-state index < -0.39 is 220 Å². The molecule has 0 aliphatic heterocycles. The number of nitrogens with one attached hydrogen (secondary N) is 6. The van der Waals surface area contributed by atoms with E-state index in [9.17, 15) is 86.6 Å². The van der Waals surface area contributed by atoms with E-state index in [2.05, 4.69) is 54.0 Å². The number of hydrogen-bond donors (Lipinski definition) is 10. The first-order valence-corrected chi connectivity index (χ1v) is 41.4. The van der Waals surface area contributed by atoms with Crippen molar-refractivity contribution in [2.75, 3.05) is 119 Å². The van der Waals surface area contributed by atoms with Crippen LogP contribution in [0, 0.1) is 36.0 Å². The Hall–Kier alpha value is -12.1. The van der Waals surface area contributed by atoms with Gasteiger partial charge in [0.05, 0.1) is 89.0 Å². The molecule has 1 heterocycles. The molecule has 0 saturated heterocycles. The highest BCUT2D eigenvalue weighted by molar-refractivity contribution is 5.99. The van der Waals surface area contributed by atoms with Crippen LogP contribution in [0.1, 0.15) is 149 Å². The van der Waals surface area contributed by atoms with Crippen molar-refractivity contribution in [1.82, 2.24) is 66.0 Å². The van der Waals surface area contributed by atoms with E-state index in [1.165, 1.54) is 68.3 Å². The summed E-state index contributed by atoms with van der Waals surface area (Å²) in [5, 5.41) is 23.5. The molecule has 2 aromatic carbocycles. The third kappa shape index (κ3) is 39.4. The summed E-state index contributed by atoms with van der Waals surface area (Å²) in [5.41, 5.74) is 18.6.